The van der Waals surface area contributed by atoms with Crippen LogP contribution in [-0.2, 0) is 16.1 Å². The first-order valence-corrected chi connectivity index (χ1v) is 10.7. The van der Waals surface area contributed by atoms with E-state index in [1.165, 1.54) is 0 Å². The number of carboxylic acid groups (broad SMARTS) is 1. The maximum atomic E-state index is 11.8. The number of aromatic nitrogens is 2. The Labute approximate surface area is 181 Å². The van der Waals surface area contributed by atoms with Crippen molar-refractivity contribution in [2.45, 2.75) is 65.0 Å². The zero-order chi connectivity index (χ0) is 22.2. The third-order valence-corrected chi connectivity index (χ3v) is 5.37. The first-order chi connectivity index (χ1) is 15.0. The van der Waals surface area contributed by atoms with Gasteiger partial charge in [0.15, 0.2) is 5.76 Å². The molecule has 31 heavy (non-hydrogen) atoms. The number of ether oxygens (including phenoxy) is 2. The number of hydrogen-bond donors (Lipinski definition) is 2. The molecule has 1 aliphatic rings. The number of hydrogen-bond acceptors (Lipinski definition) is 7. The number of amides is 1. The van der Waals surface area contributed by atoms with Crippen molar-refractivity contribution in [3.8, 4) is 17.2 Å². The minimum absolute atomic E-state index is 0.131. The molecule has 1 saturated carbocycles. The zero-order valence-corrected chi connectivity index (χ0v) is 17.9. The SMILES string of the molecule is CCCCOC(=O)NCc1c(C)noc1-c1ccc(O[C@H]2CCC[C@H](C(=O)O)C2)cn1. The van der Waals surface area contributed by atoms with Gasteiger partial charge in [-0.1, -0.05) is 18.5 Å². The highest BCUT2D eigenvalue weighted by molar-refractivity contribution is 5.70. The maximum absolute atomic E-state index is 11.8. The lowest BCUT2D eigenvalue weighted by Crippen LogP contribution is -2.29. The van der Waals surface area contributed by atoms with Crippen LogP contribution in [0, 0.1) is 12.8 Å². The zero-order valence-electron chi connectivity index (χ0n) is 17.9. The summed E-state index contributed by atoms with van der Waals surface area (Å²) in [4.78, 5) is 27.5. The summed E-state index contributed by atoms with van der Waals surface area (Å²) in [6.45, 7) is 4.42. The lowest BCUT2D eigenvalue weighted by Gasteiger charge is -2.27. The molecule has 9 heteroatoms. The molecule has 2 N–H and O–H groups in total. The molecular formula is C22H29N3O6. The Kier molecular flexibility index (Phi) is 7.86. The van der Waals surface area contributed by atoms with E-state index in [0.29, 0.717) is 42.3 Å². The summed E-state index contributed by atoms with van der Waals surface area (Å²) < 4.78 is 16.5. The van der Waals surface area contributed by atoms with Crippen molar-refractivity contribution in [2.24, 2.45) is 5.92 Å². The standard InChI is InChI=1S/C22H29N3O6/c1-3-4-10-29-22(28)24-13-18-14(2)25-31-20(18)19-9-8-17(12-23-19)30-16-7-5-6-15(11-16)21(26)27/h8-9,12,15-16H,3-7,10-11,13H2,1-2H3,(H,24,28)(H,26,27)/t15-,16-/m0/s1. The van der Waals surface area contributed by atoms with E-state index in [1.54, 1.807) is 25.3 Å². The molecule has 2 heterocycles. The van der Waals surface area contributed by atoms with Gasteiger partial charge in [-0.2, -0.15) is 0 Å². The van der Waals surface area contributed by atoms with Gasteiger partial charge in [-0.05, 0) is 51.2 Å². The van der Waals surface area contributed by atoms with E-state index in [1.807, 2.05) is 6.92 Å². The molecule has 3 rings (SSSR count). The number of aryl methyl sites for hydroxylation is 1. The summed E-state index contributed by atoms with van der Waals surface area (Å²) >= 11 is 0. The first kappa shape index (κ1) is 22.6. The molecule has 168 valence electrons. The van der Waals surface area contributed by atoms with Crippen LogP contribution < -0.4 is 10.1 Å². The van der Waals surface area contributed by atoms with Gasteiger partial charge in [0, 0.05) is 5.56 Å². The van der Waals surface area contributed by atoms with Crippen molar-refractivity contribution in [2.75, 3.05) is 6.61 Å². The van der Waals surface area contributed by atoms with Crippen LogP contribution in [-0.4, -0.2) is 40.0 Å². The summed E-state index contributed by atoms with van der Waals surface area (Å²) in [7, 11) is 0. The third kappa shape index (κ3) is 6.19. The summed E-state index contributed by atoms with van der Waals surface area (Å²) in [6.07, 6.45) is 5.61. The quantitative estimate of drug-likeness (QED) is 0.569. The summed E-state index contributed by atoms with van der Waals surface area (Å²) in [6, 6.07) is 3.54. The smallest absolute Gasteiger partial charge is 0.407 e. The van der Waals surface area contributed by atoms with Crippen LogP contribution in [0.3, 0.4) is 0 Å². The number of alkyl carbamates (subject to hydrolysis) is 1. The lowest BCUT2D eigenvalue weighted by molar-refractivity contribution is -0.143. The Morgan fingerprint density at radius 2 is 2.16 bits per heavy atom. The van der Waals surface area contributed by atoms with Gasteiger partial charge in [0.1, 0.15) is 11.4 Å². The average Bonchev–Trinajstić information content (AvgIpc) is 3.13. The molecule has 1 amide bonds. The van der Waals surface area contributed by atoms with Crippen molar-refractivity contribution in [3.05, 3.63) is 29.6 Å². The van der Waals surface area contributed by atoms with E-state index in [-0.39, 0.29) is 18.6 Å². The highest BCUT2D eigenvalue weighted by Gasteiger charge is 2.28. The van der Waals surface area contributed by atoms with Crippen molar-refractivity contribution >= 4 is 12.1 Å². The monoisotopic (exact) mass is 431 g/mol. The van der Waals surface area contributed by atoms with E-state index in [4.69, 9.17) is 14.0 Å². The molecular weight excluding hydrogens is 402 g/mol. The van der Waals surface area contributed by atoms with Crippen LogP contribution >= 0.6 is 0 Å². The highest BCUT2D eigenvalue weighted by Crippen LogP contribution is 2.29. The topological polar surface area (TPSA) is 124 Å². The molecule has 0 saturated heterocycles. The van der Waals surface area contributed by atoms with Crippen LogP contribution in [0.5, 0.6) is 5.75 Å². The summed E-state index contributed by atoms with van der Waals surface area (Å²) in [5, 5.41) is 15.9. The molecule has 2 atom stereocenters. The molecule has 0 unspecified atom stereocenters. The number of pyridine rings is 1. The number of carboxylic acids is 1. The van der Waals surface area contributed by atoms with Crippen LogP contribution in [0.1, 0.15) is 56.7 Å². The molecule has 1 aliphatic carbocycles. The number of carbonyl (C=O) groups is 2. The maximum Gasteiger partial charge on any atom is 0.407 e. The Morgan fingerprint density at radius 1 is 1.32 bits per heavy atom. The molecule has 9 nitrogen and oxygen atoms in total. The second kappa shape index (κ2) is 10.8. The van der Waals surface area contributed by atoms with Crippen LogP contribution in [0.2, 0.25) is 0 Å². The van der Waals surface area contributed by atoms with Gasteiger partial charge in [-0.25, -0.2) is 9.78 Å². The Bertz CT molecular complexity index is 880. The van der Waals surface area contributed by atoms with Crippen molar-refractivity contribution in [1.29, 1.82) is 0 Å². The molecule has 2 aromatic rings. The van der Waals surface area contributed by atoms with E-state index in [0.717, 1.165) is 31.2 Å². The van der Waals surface area contributed by atoms with Gasteiger partial charge >= 0.3 is 12.1 Å². The number of rotatable bonds is 9. The third-order valence-electron chi connectivity index (χ3n) is 5.37. The van der Waals surface area contributed by atoms with Gasteiger partial charge in [-0.15, -0.1) is 0 Å². The molecule has 0 aromatic carbocycles. The minimum atomic E-state index is -0.766. The number of unbranched alkanes of at least 4 members (excludes halogenated alkanes) is 1. The van der Waals surface area contributed by atoms with Crippen molar-refractivity contribution in [3.63, 3.8) is 0 Å². The average molecular weight is 431 g/mol. The molecule has 0 bridgehead atoms. The van der Waals surface area contributed by atoms with E-state index < -0.39 is 12.1 Å². The van der Waals surface area contributed by atoms with Gasteiger partial charge in [0.25, 0.3) is 0 Å². The fourth-order valence-electron chi connectivity index (χ4n) is 3.57. The van der Waals surface area contributed by atoms with E-state index >= 15 is 0 Å². The van der Waals surface area contributed by atoms with Crippen LogP contribution in [0.4, 0.5) is 4.79 Å². The fraction of sp³-hybridized carbons (Fsp3) is 0.545. The molecule has 1 fully saturated rings. The highest BCUT2D eigenvalue weighted by atomic mass is 16.5. The number of nitrogens with one attached hydrogen (secondary N) is 1. The Balaban J connectivity index is 1.61. The number of aliphatic carboxylic acids is 1. The molecule has 0 aliphatic heterocycles. The predicted molar refractivity (Wildman–Crippen MR) is 112 cm³/mol. The van der Waals surface area contributed by atoms with E-state index in [9.17, 15) is 14.7 Å². The van der Waals surface area contributed by atoms with Crippen LogP contribution in [0.25, 0.3) is 11.5 Å². The second-order valence-electron chi connectivity index (χ2n) is 7.74. The van der Waals surface area contributed by atoms with Gasteiger partial charge in [0.05, 0.1) is 37.1 Å². The minimum Gasteiger partial charge on any atom is -0.489 e. The second-order valence-corrected chi connectivity index (χ2v) is 7.74. The van der Waals surface area contributed by atoms with Crippen molar-refractivity contribution in [1.82, 2.24) is 15.5 Å². The van der Waals surface area contributed by atoms with Gasteiger partial charge in [-0.3, -0.25) is 4.79 Å². The van der Waals surface area contributed by atoms with Crippen molar-refractivity contribution < 1.29 is 28.7 Å². The normalized spacial score (nSPS) is 18.4. The molecule has 0 spiro atoms. The van der Waals surface area contributed by atoms with Gasteiger partial charge in [0.2, 0.25) is 0 Å². The number of nitrogens with zero attached hydrogens (tertiary/aromatic N) is 2. The Morgan fingerprint density at radius 3 is 2.87 bits per heavy atom. The lowest BCUT2D eigenvalue weighted by atomic mass is 9.87. The first-order valence-electron chi connectivity index (χ1n) is 10.7. The van der Waals surface area contributed by atoms with Gasteiger partial charge < -0.3 is 24.4 Å². The summed E-state index contributed by atoms with van der Waals surface area (Å²) in [5.41, 5.74) is 1.95. The number of carbonyl (C=O) groups excluding carboxylic acids is 1. The van der Waals surface area contributed by atoms with Crippen LogP contribution in [0.15, 0.2) is 22.9 Å². The summed E-state index contributed by atoms with van der Waals surface area (Å²) in [5.74, 6) is -0.0681. The molecule has 2 aromatic heterocycles. The fourth-order valence-corrected chi connectivity index (χ4v) is 3.57. The molecule has 0 radical (unpaired) electrons. The predicted octanol–water partition coefficient (Wildman–Crippen LogP) is 4.09. The largest absolute Gasteiger partial charge is 0.489 e. The Hall–Kier alpha value is -3.10. The van der Waals surface area contributed by atoms with E-state index in [2.05, 4.69) is 15.5 Å².